The average molecular weight is 435 g/mol. The molecule has 0 radical (unpaired) electrons. The summed E-state index contributed by atoms with van der Waals surface area (Å²) in [6.45, 7) is 5.88. The van der Waals surface area contributed by atoms with Gasteiger partial charge in [0.25, 0.3) is 0 Å². The molecule has 1 aromatic carbocycles. The predicted octanol–water partition coefficient (Wildman–Crippen LogP) is 4.65. The summed E-state index contributed by atoms with van der Waals surface area (Å²) in [7, 11) is 2.19. The largest absolute Gasteiger partial charge is 0.381 e. The van der Waals surface area contributed by atoms with Gasteiger partial charge in [-0.25, -0.2) is 14.6 Å². The van der Waals surface area contributed by atoms with Crippen molar-refractivity contribution in [1.82, 2.24) is 24.6 Å². The third-order valence-corrected chi connectivity index (χ3v) is 6.44. The topological polar surface area (TPSA) is 68.1 Å². The Labute approximate surface area is 190 Å². The Hall–Kier alpha value is -2.51. The van der Waals surface area contributed by atoms with Gasteiger partial charge in [-0.3, -0.25) is 0 Å². The molecule has 3 heterocycles. The fourth-order valence-corrected chi connectivity index (χ4v) is 4.41. The van der Waals surface area contributed by atoms with E-state index < -0.39 is 0 Å². The zero-order valence-electron chi connectivity index (χ0n) is 19.3. The Balaban J connectivity index is 1.48. The molecule has 1 saturated carbocycles. The van der Waals surface area contributed by atoms with Gasteiger partial charge in [-0.05, 0) is 57.3 Å². The maximum Gasteiger partial charge on any atom is 0.164 e. The van der Waals surface area contributed by atoms with Crippen molar-refractivity contribution in [2.45, 2.75) is 64.1 Å². The maximum atomic E-state index is 5.54. The number of nitrogens with zero attached hydrogens (tertiary/aromatic N) is 5. The highest BCUT2D eigenvalue weighted by atomic mass is 16.5. The second kappa shape index (κ2) is 9.55. The standard InChI is InChI=1S/C25H34N6O/c1-3-4-12-30(2)17-18-6-5-7-19(15-18)23-28-24(27-20-10-13-32-14-11-20)22-16-26-31(21-8-9-21)25(22)29-23/h5-7,15-16,20-21H,3-4,8-14,17H2,1-2H3,(H,27,28,29). The first kappa shape index (κ1) is 21.3. The van der Waals surface area contributed by atoms with E-state index >= 15 is 0 Å². The number of hydrogen-bond acceptors (Lipinski definition) is 6. The highest BCUT2D eigenvalue weighted by molar-refractivity contribution is 5.88. The maximum absolute atomic E-state index is 5.54. The van der Waals surface area contributed by atoms with Gasteiger partial charge in [0.1, 0.15) is 5.82 Å². The van der Waals surface area contributed by atoms with E-state index in [2.05, 4.69) is 58.2 Å². The summed E-state index contributed by atoms with van der Waals surface area (Å²) < 4.78 is 7.63. The van der Waals surface area contributed by atoms with E-state index in [1.165, 1.54) is 31.2 Å². The second-order valence-electron chi connectivity index (χ2n) is 9.28. The van der Waals surface area contributed by atoms with Crippen LogP contribution in [-0.2, 0) is 11.3 Å². The van der Waals surface area contributed by atoms with E-state index in [0.717, 1.165) is 67.4 Å². The lowest BCUT2D eigenvalue weighted by Gasteiger charge is -2.24. The Morgan fingerprint density at radius 3 is 2.78 bits per heavy atom. The van der Waals surface area contributed by atoms with Crippen LogP contribution in [0.25, 0.3) is 22.4 Å². The van der Waals surface area contributed by atoms with Crippen LogP contribution in [0.2, 0.25) is 0 Å². The molecule has 32 heavy (non-hydrogen) atoms. The number of aromatic nitrogens is 4. The van der Waals surface area contributed by atoms with Crippen LogP contribution in [0.15, 0.2) is 30.5 Å². The van der Waals surface area contributed by atoms with Crippen molar-refractivity contribution in [2.24, 2.45) is 0 Å². The van der Waals surface area contributed by atoms with Crippen LogP contribution in [0, 0.1) is 0 Å². The number of ether oxygens (including phenoxy) is 1. The molecular weight excluding hydrogens is 400 g/mol. The smallest absolute Gasteiger partial charge is 0.164 e. The zero-order chi connectivity index (χ0) is 21.9. The normalized spacial score (nSPS) is 17.3. The number of benzene rings is 1. The third kappa shape index (κ3) is 4.79. The van der Waals surface area contributed by atoms with Crippen LogP contribution in [0.4, 0.5) is 5.82 Å². The van der Waals surface area contributed by atoms with Gasteiger partial charge in [-0.2, -0.15) is 5.10 Å². The van der Waals surface area contributed by atoms with E-state index in [9.17, 15) is 0 Å². The first-order valence-electron chi connectivity index (χ1n) is 12.1. The van der Waals surface area contributed by atoms with Gasteiger partial charge in [0.15, 0.2) is 11.5 Å². The van der Waals surface area contributed by atoms with Crippen molar-refractivity contribution in [3.8, 4) is 11.4 Å². The molecule has 0 atom stereocenters. The molecule has 3 aromatic rings. The second-order valence-corrected chi connectivity index (χ2v) is 9.28. The van der Waals surface area contributed by atoms with Crippen LogP contribution < -0.4 is 5.32 Å². The van der Waals surface area contributed by atoms with Gasteiger partial charge in [0.2, 0.25) is 0 Å². The van der Waals surface area contributed by atoms with Crippen molar-refractivity contribution in [3.63, 3.8) is 0 Å². The van der Waals surface area contributed by atoms with Crippen LogP contribution in [0.5, 0.6) is 0 Å². The van der Waals surface area contributed by atoms with E-state index in [0.29, 0.717) is 12.1 Å². The van der Waals surface area contributed by atoms with Crippen LogP contribution >= 0.6 is 0 Å². The number of anilines is 1. The average Bonchev–Trinajstić information content (AvgIpc) is 3.57. The Morgan fingerprint density at radius 1 is 1.16 bits per heavy atom. The summed E-state index contributed by atoms with van der Waals surface area (Å²) in [6, 6.07) is 9.52. The summed E-state index contributed by atoms with van der Waals surface area (Å²) in [6.07, 6.45) is 8.72. The van der Waals surface area contributed by atoms with Crippen LogP contribution in [0.3, 0.4) is 0 Å². The lowest BCUT2D eigenvalue weighted by Crippen LogP contribution is -2.28. The summed E-state index contributed by atoms with van der Waals surface area (Å²) in [5, 5.41) is 9.37. The molecule has 1 aliphatic heterocycles. The number of rotatable bonds is 9. The molecule has 7 nitrogen and oxygen atoms in total. The molecule has 170 valence electrons. The van der Waals surface area contributed by atoms with Crippen LogP contribution in [-0.4, -0.2) is 57.5 Å². The molecule has 5 rings (SSSR count). The van der Waals surface area contributed by atoms with Gasteiger partial charge < -0.3 is 15.0 Å². The fraction of sp³-hybridized carbons (Fsp3) is 0.560. The van der Waals surface area contributed by atoms with E-state index in [1.54, 1.807) is 0 Å². The highest BCUT2D eigenvalue weighted by Gasteiger charge is 2.28. The number of hydrogen-bond donors (Lipinski definition) is 1. The van der Waals surface area contributed by atoms with Gasteiger partial charge in [0.05, 0.1) is 17.6 Å². The van der Waals surface area contributed by atoms with Crippen molar-refractivity contribution < 1.29 is 4.74 Å². The van der Waals surface area contributed by atoms with Gasteiger partial charge in [0, 0.05) is 31.4 Å². The fourth-order valence-electron chi connectivity index (χ4n) is 4.41. The zero-order valence-corrected chi connectivity index (χ0v) is 19.3. The first-order chi connectivity index (χ1) is 15.7. The molecule has 2 fully saturated rings. The summed E-state index contributed by atoms with van der Waals surface area (Å²) >= 11 is 0. The molecule has 1 aliphatic carbocycles. The quantitative estimate of drug-likeness (QED) is 0.529. The summed E-state index contributed by atoms with van der Waals surface area (Å²) in [5.41, 5.74) is 3.30. The van der Waals surface area contributed by atoms with E-state index in [4.69, 9.17) is 14.7 Å². The van der Waals surface area contributed by atoms with Crippen molar-refractivity contribution in [3.05, 3.63) is 36.0 Å². The Bertz CT molecular complexity index is 1050. The van der Waals surface area contributed by atoms with Crippen LogP contribution in [0.1, 0.15) is 57.1 Å². The third-order valence-electron chi connectivity index (χ3n) is 6.44. The van der Waals surface area contributed by atoms with Gasteiger partial charge in [-0.1, -0.05) is 31.5 Å². The summed E-state index contributed by atoms with van der Waals surface area (Å²) in [5.74, 6) is 1.67. The van der Waals surface area contributed by atoms with Crippen molar-refractivity contribution in [1.29, 1.82) is 0 Å². The SMILES string of the molecule is CCCCN(C)Cc1cccc(-c2nc(NC3CCOCC3)c3cnn(C4CC4)c3n2)c1. The van der Waals surface area contributed by atoms with E-state index in [-0.39, 0.29) is 0 Å². The molecule has 0 bridgehead atoms. The number of nitrogens with one attached hydrogen (secondary N) is 1. The number of fused-ring (bicyclic) bond motifs is 1. The van der Waals surface area contributed by atoms with Crippen molar-refractivity contribution in [2.75, 3.05) is 32.1 Å². The Morgan fingerprint density at radius 2 is 2.00 bits per heavy atom. The number of unbranched alkanes of at least 4 members (excludes halogenated alkanes) is 1. The first-order valence-corrected chi connectivity index (χ1v) is 12.1. The highest BCUT2D eigenvalue weighted by Crippen LogP contribution is 2.38. The van der Waals surface area contributed by atoms with Gasteiger partial charge >= 0.3 is 0 Å². The minimum Gasteiger partial charge on any atom is -0.381 e. The lowest BCUT2D eigenvalue weighted by atomic mass is 10.1. The molecule has 7 heteroatoms. The molecule has 1 saturated heterocycles. The predicted molar refractivity (Wildman–Crippen MR) is 128 cm³/mol. The summed E-state index contributed by atoms with van der Waals surface area (Å²) in [4.78, 5) is 12.4. The monoisotopic (exact) mass is 434 g/mol. The molecule has 2 aromatic heterocycles. The van der Waals surface area contributed by atoms with E-state index in [1.807, 2.05) is 6.20 Å². The molecular formula is C25H34N6O. The molecule has 2 aliphatic rings. The molecule has 0 amide bonds. The lowest BCUT2D eigenvalue weighted by molar-refractivity contribution is 0.0904. The Kier molecular flexibility index (Phi) is 6.37. The molecule has 0 unspecified atom stereocenters. The minimum absolute atomic E-state index is 0.373. The molecule has 0 spiro atoms. The molecule has 1 N–H and O–H groups in total. The van der Waals surface area contributed by atoms with Gasteiger partial charge in [-0.15, -0.1) is 0 Å². The van der Waals surface area contributed by atoms with Crippen molar-refractivity contribution >= 4 is 16.9 Å². The minimum atomic E-state index is 0.373.